The van der Waals surface area contributed by atoms with Crippen LogP contribution in [0.2, 0.25) is 15.1 Å². The number of nitrogens with one attached hydrogen (secondary N) is 1. The van der Waals surface area contributed by atoms with Crippen LogP contribution in [0.4, 0.5) is 0 Å². The first-order valence-electron chi connectivity index (χ1n) is 7.55. The molecule has 2 atom stereocenters. The quantitative estimate of drug-likeness (QED) is 0.244. The Bertz CT molecular complexity index is 876. The molecule has 1 N–H and O–H groups in total. The zero-order valence-corrected chi connectivity index (χ0v) is 16.1. The first-order valence-corrected chi connectivity index (χ1v) is 8.69. The number of carbonyl (C=O) groups is 2. The summed E-state index contributed by atoms with van der Waals surface area (Å²) in [5, 5.41) is 13.9. The molecule has 2 aromatic carbocycles. The summed E-state index contributed by atoms with van der Waals surface area (Å²) in [4.78, 5) is 35.0. The molecule has 0 heterocycles. The third-order valence-electron chi connectivity index (χ3n) is 3.47. The molecule has 0 aromatic heterocycles. The highest BCUT2D eigenvalue weighted by Crippen LogP contribution is 2.34. The van der Waals surface area contributed by atoms with Crippen LogP contribution in [0.25, 0.3) is 0 Å². The average Bonchev–Trinajstić information content (AvgIpc) is 2.60. The van der Waals surface area contributed by atoms with E-state index in [4.69, 9.17) is 39.5 Å². The number of ether oxygens (including phenoxy) is 1. The number of hydrogen-bond donors (Lipinski definition) is 1. The van der Waals surface area contributed by atoms with Crippen LogP contribution in [0.1, 0.15) is 18.5 Å². The highest BCUT2D eigenvalue weighted by molar-refractivity contribution is 6.43. The predicted octanol–water partition coefficient (Wildman–Crippen LogP) is 4.07. The fourth-order valence-corrected chi connectivity index (χ4v) is 2.71. The van der Waals surface area contributed by atoms with E-state index in [1.54, 1.807) is 18.2 Å². The van der Waals surface area contributed by atoms with Crippen LogP contribution in [0.15, 0.2) is 42.5 Å². The van der Waals surface area contributed by atoms with E-state index >= 15 is 0 Å². The van der Waals surface area contributed by atoms with Gasteiger partial charge in [0.25, 0.3) is 5.91 Å². The number of amides is 1. The van der Waals surface area contributed by atoms with Gasteiger partial charge in [-0.15, -0.1) is 0 Å². The van der Waals surface area contributed by atoms with Gasteiger partial charge in [0, 0.05) is 16.6 Å². The molecule has 7 nitrogen and oxygen atoms in total. The van der Waals surface area contributed by atoms with Crippen molar-refractivity contribution in [2.45, 2.75) is 19.0 Å². The van der Waals surface area contributed by atoms with Crippen molar-refractivity contribution in [3.63, 3.8) is 0 Å². The topological polar surface area (TPSA) is 98.5 Å². The van der Waals surface area contributed by atoms with Gasteiger partial charge in [0.1, 0.15) is 6.04 Å². The number of benzene rings is 2. The minimum absolute atomic E-state index is 0.0451. The van der Waals surface area contributed by atoms with Crippen LogP contribution in [0.5, 0.6) is 5.75 Å². The second-order valence-electron chi connectivity index (χ2n) is 5.45. The summed E-state index contributed by atoms with van der Waals surface area (Å²) in [7, 11) is 0. The van der Waals surface area contributed by atoms with Crippen molar-refractivity contribution in [3.8, 4) is 5.75 Å². The SMILES string of the molecule is C[C@H](NC(=O)C(c1ccccc1)[N+](=O)[O-])C(=O)Oc1cc(Cl)c(Cl)cc1Cl. The van der Waals surface area contributed by atoms with E-state index in [0.29, 0.717) is 0 Å². The molecule has 2 rings (SSSR count). The Kier molecular flexibility index (Phi) is 7.01. The molecule has 10 heteroatoms. The molecule has 0 bridgehead atoms. The molecule has 0 spiro atoms. The Morgan fingerprint density at radius 3 is 2.26 bits per heavy atom. The van der Waals surface area contributed by atoms with E-state index in [1.807, 2.05) is 0 Å². The van der Waals surface area contributed by atoms with Crippen LogP contribution in [-0.2, 0) is 9.59 Å². The summed E-state index contributed by atoms with van der Waals surface area (Å²) in [6.07, 6.45) is 0. The Hall–Kier alpha value is -2.35. The lowest BCUT2D eigenvalue weighted by molar-refractivity contribution is -0.513. The molecule has 2 aromatic rings. The molecule has 1 amide bonds. The van der Waals surface area contributed by atoms with E-state index in [-0.39, 0.29) is 26.4 Å². The van der Waals surface area contributed by atoms with E-state index in [1.165, 1.54) is 31.2 Å². The molecule has 0 aliphatic heterocycles. The van der Waals surface area contributed by atoms with Gasteiger partial charge in [-0.05, 0) is 13.0 Å². The molecule has 142 valence electrons. The first kappa shape index (κ1) is 21.0. The van der Waals surface area contributed by atoms with Crippen LogP contribution < -0.4 is 10.1 Å². The van der Waals surface area contributed by atoms with Crippen LogP contribution in [-0.4, -0.2) is 22.8 Å². The van der Waals surface area contributed by atoms with Gasteiger partial charge in [-0.3, -0.25) is 14.9 Å². The minimum Gasteiger partial charge on any atom is -0.423 e. The lowest BCUT2D eigenvalue weighted by atomic mass is 10.1. The van der Waals surface area contributed by atoms with Gasteiger partial charge in [0.05, 0.1) is 15.1 Å². The molecule has 0 fully saturated rings. The zero-order valence-electron chi connectivity index (χ0n) is 13.8. The summed E-state index contributed by atoms with van der Waals surface area (Å²) in [5.41, 5.74) is 0.188. The molecule has 0 aliphatic carbocycles. The van der Waals surface area contributed by atoms with Crippen LogP contribution in [0.3, 0.4) is 0 Å². The number of esters is 1. The summed E-state index contributed by atoms with van der Waals surface area (Å²) >= 11 is 17.6. The van der Waals surface area contributed by atoms with E-state index in [2.05, 4.69) is 5.32 Å². The van der Waals surface area contributed by atoms with E-state index < -0.39 is 28.9 Å². The third-order valence-corrected chi connectivity index (χ3v) is 4.49. The van der Waals surface area contributed by atoms with Gasteiger partial charge in [-0.1, -0.05) is 65.1 Å². The van der Waals surface area contributed by atoms with Gasteiger partial charge >= 0.3 is 12.0 Å². The van der Waals surface area contributed by atoms with Crippen molar-refractivity contribution in [2.75, 3.05) is 0 Å². The summed E-state index contributed by atoms with van der Waals surface area (Å²) in [5.74, 6) is -1.87. The standard InChI is InChI=1S/C17H13Cl3N2O5/c1-9(17(24)27-14-8-12(19)11(18)7-13(14)20)21-16(23)15(22(25)26)10-5-3-2-4-6-10/h2-9,15H,1H3,(H,21,23)/t9-,15?/m0/s1. The number of nitro groups is 1. The molecule has 0 radical (unpaired) electrons. The van der Waals surface area contributed by atoms with Crippen molar-refractivity contribution in [1.29, 1.82) is 0 Å². The van der Waals surface area contributed by atoms with Gasteiger partial charge in [-0.2, -0.15) is 0 Å². The molecule has 0 aliphatic rings. The maximum absolute atomic E-state index is 12.3. The smallest absolute Gasteiger partial charge is 0.333 e. The number of nitrogens with zero attached hydrogens (tertiary/aromatic N) is 1. The predicted molar refractivity (Wildman–Crippen MR) is 101 cm³/mol. The monoisotopic (exact) mass is 430 g/mol. The van der Waals surface area contributed by atoms with Crippen LogP contribution >= 0.6 is 34.8 Å². The average molecular weight is 432 g/mol. The fourth-order valence-electron chi connectivity index (χ4n) is 2.13. The van der Waals surface area contributed by atoms with E-state index in [0.717, 1.165) is 0 Å². The number of hydrogen-bond acceptors (Lipinski definition) is 5. The molecule has 0 saturated heterocycles. The minimum atomic E-state index is -1.66. The molecule has 27 heavy (non-hydrogen) atoms. The zero-order chi connectivity index (χ0) is 20.1. The number of carbonyl (C=O) groups excluding carboxylic acids is 2. The molecular formula is C17H13Cl3N2O5. The maximum Gasteiger partial charge on any atom is 0.333 e. The lowest BCUT2D eigenvalue weighted by Crippen LogP contribution is -2.44. The van der Waals surface area contributed by atoms with Gasteiger partial charge in [0.2, 0.25) is 0 Å². The first-order chi connectivity index (χ1) is 12.7. The molecule has 1 unspecified atom stereocenters. The van der Waals surface area contributed by atoms with Gasteiger partial charge in [-0.25, -0.2) is 4.79 Å². The van der Waals surface area contributed by atoms with Gasteiger partial charge < -0.3 is 10.1 Å². The summed E-state index contributed by atoms with van der Waals surface area (Å²) in [6, 6.07) is 7.43. The lowest BCUT2D eigenvalue weighted by Gasteiger charge is -2.16. The van der Waals surface area contributed by atoms with Crippen molar-refractivity contribution in [3.05, 3.63) is 73.2 Å². The second kappa shape index (κ2) is 9.03. The van der Waals surface area contributed by atoms with Crippen molar-refractivity contribution >= 4 is 46.7 Å². The highest BCUT2D eigenvalue weighted by atomic mass is 35.5. The van der Waals surface area contributed by atoms with Crippen LogP contribution in [0, 0.1) is 10.1 Å². The van der Waals surface area contributed by atoms with Gasteiger partial charge in [0.15, 0.2) is 5.75 Å². The number of halogens is 3. The number of rotatable bonds is 6. The second-order valence-corrected chi connectivity index (χ2v) is 6.67. The molecular weight excluding hydrogens is 419 g/mol. The Morgan fingerprint density at radius 2 is 1.67 bits per heavy atom. The highest BCUT2D eigenvalue weighted by Gasteiger charge is 2.34. The fraction of sp³-hybridized carbons (Fsp3) is 0.176. The maximum atomic E-state index is 12.3. The Morgan fingerprint density at radius 1 is 1.07 bits per heavy atom. The Balaban J connectivity index is 2.10. The Labute approximate surface area is 169 Å². The molecule has 0 saturated carbocycles. The summed E-state index contributed by atoms with van der Waals surface area (Å²) < 4.78 is 5.09. The largest absolute Gasteiger partial charge is 0.423 e. The summed E-state index contributed by atoms with van der Waals surface area (Å²) in [6.45, 7) is 1.33. The third kappa shape index (κ3) is 5.32. The van der Waals surface area contributed by atoms with Crippen molar-refractivity contribution in [1.82, 2.24) is 5.32 Å². The normalized spacial score (nSPS) is 12.7. The van der Waals surface area contributed by atoms with E-state index in [9.17, 15) is 19.7 Å². The van der Waals surface area contributed by atoms with Crippen molar-refractivity contribution in [2.24, 2.45) is 0 Å². The van der Waals surface area contributed by atoms with Crippen molar-refractivity contribution < 1.29 is 19.2 Å².